The zero-order chi connectivity index (χ0) is 16.0. The third-order valence-corrected chi connectivity index (χ3v) is 5.11. The highest BCUT2D eigenvalue weighted by Crippen LogP contribution is 2.22. The molecule has 0 radical (unpaired) electrons. The van der Waals surface area contributed by atoms with Crippen molar-refractivity contribution in [1.29, 1.82) is 0 Å². The summed E-state index contributed by atoms with van der Waals surface area (Å²) >= 11 is 3.40. The molecule has 0 bridgehead atoms. The summed E-state index contributed by atoms with van der Waals surface area (Å²) in [4.78, 5) is 0.277. The molecule has 0 amide bonds. The Kier molecular flexibility index (Phi) is 6.34. The fourth-order valence-corrected chi connectivity index (χ4v) is 3.46. The molecular formula is C15H19BrN2O3S. The fourth-order valence-electron chi connectivity index (χ4n) is 2.02. The molecule has 0 aliphatic heterocycles. The Balaban J connectivity index is 2.01. The number of halogens is 1. The molecule has 120 valence electrons. The standard InChI is InChI=1S/C15H19BrN2O3S/c1-21-9-8-17-6-7-18-22(19,20)15-5-3-12-10-14(16)4-2-13(12)11-15/h2-5,10-11,17-18H,6-9H2,1H3. The van der Waals surface area contributed by atoms with E-state index in [2.05, 4.69) is 26.0 Å². The average Bonchev–Trinajstić information content (AvgIpc) is 2.50. The number of hydrogen-bond acceptors (Lipinski definition) is 4. The third-order valence-electron chi connectivity index (χ3n) is 3.16. The lowest BCUT2D eigenvalue weighted by Crippen LogP contribution is -2.33. The lowest BCUT2D eigenvalue weighted by Gasteiger charge is -2.09. The highest BCUT2D eigenvalue weighted by molar-refractivity contribution is 9.10. The lowest BCUT2D eigenvalue weighted by molar-refractivity contribution is 0.199. The van der Waals surface area contributed by atoms with Crippen LogP contribution in [0.3, 0.4) is 0 Å². The topological polar surface area (TPSA) is 67.4 Å². The average molecular weight is 387 g/mol. The van der Waals surface area contributed by atoms with Gasteiger partial charge in [-0.05, 0) is 35.0 Å². The molecule has 0 fully saturated rings. The quantitative estimate of drug-likeness (QED) is 0.681. The minimum atomic E-state index is -3.49. The van der Waals surface area contributed by atoms with Crippen LogP contribution in [0.25, 0.3) is 10.8 Å². The Morgan fingerprint density at radius 2 is 1.77 bits per heavy atom. The molecule has 0 saturated heterocycles. The Morgan fingerprint density at radius 1 is 1.05 bits per heavy atom. The van der Waals surface area contributed by atoms with Crippen LogP contribution in [0.5, 0.6) is 0 Å². The SMILES string of the molecule is COCCNCCNS(=O)(=O)c1ccc2cc(Br)ccc2c1. The lowest BCUT2D eigenvalue weighted by atomic mass is 10.1. The van der Waals surface area contributed by atoms with Crippen LogP contribution in [0.4, 0.5) is 0 Å². The van der Waals surface area contributed by atoms with Crippen LogP contribution >= 0.6 is 15.9 Å². The maximum Gasteiger partial charge on any atom is 0.240 e. The van der Waals surface area contributed by atoms with Crippen LogP contribution in [-0.4, -0.2) is 41.8 Å². The van der Waals surface area contributed by atoms with Gasteiger partial charge < -0.3 is 10.1 Å². The van der Waals surface area contributed by atoms with Gasteiger partial charge in [0.2, 0.25) is 10.0 Å². The molecule has 2 rings (SSSR count). The van der Waals surface area contributed by atoms with E-state index in [1.54, 1.807) is 19.2 Å². The molecule has 7 heteroatoms. The van der Waals surface area contributed by atoms with Crippen LogP contribution in [-0.2, 0) is 14.8 Å². The van der Waals surface area contributed by atoms with E-state index in [1.807, 2.05) is 24.3 Å². The van der Waals surface area contributed by atoms with E-state index in [4.69, 9.17) is 4.74 Å². The Hall–Kier alpha value is -0.990. The zero-order valence-corrected chi connectivity index (χ0v) is 14.7. The minimum Gasteiger partial charge on any atom is -0.383 e. The first-order valence-electron chi connectivity index (χ1n) is 6.91. The smallest absolute Gasteiger partial charge is 0.240 e. The highest BCUT2D eigenvalue weighted by Gasteiger charge is 2.13. The van der Waals surface area contributed by atoms with E-state index in [0.29, 0.717) is 26.2 Å². The van der Waals surface area contributed by atoms with Crippen molar-refractivity contribution in [3.05, 3.63) is 40.9 Å². The molecule has 2 N–H and O–H groups in total. The van der Waals surface area contributed by atoms with Gasteiger partial charge in [0, 0.05) is 31.2 Å². The van der Waals surface area contributed by atoms with E-state index >= 15 is 0 Å². The van der Waals surface area contributed by atoms with Crippen LogP contribution in [0.15, 0.2) is 45.8 Å². The van der Waals surface area contributed by atoms with Gasteiger partial charge in [0.1, 0.15) is 0 Å². The van der Waals surface area contributed by atoms with E-state index < -0.39 is 10.0 Å². The summed E-state index contributed by atoms with van der Waals surface area (Å²) in [7, 11) is -1.86. The molecule has 0 aliphatic rings. The Labute approximate surface area is 139 Å². The van der Waals surface area contributed by atoms with Gasteiger partial charge in [0.05, 0.1) is 11.5 Å². The molecule has 0 atom stereocenters. The first kappa shape index (κ1) is 17.4. The number of nitrogens with one attached hydrogen (secondary N) is 2. The predicted molar refractivity (Wildman–Crippen MR) is 91.6 cm³/mol. The van der Waals surface area contributed by atoms with Gasteiger partial charge in [-0.25, -0.2) is 13.1 Å². The van der Waals surface area contributed by atoms with Crippen molar-refractivity contribution < 1.29 is 13.2 Å². The number of benzene rings is 2. The number of fused-ring (bicyclic) bond motifs is 1. The van der Waals surface area contributed by atoms with Crippen LogP contribution in [0.1, 0.15) is 0 Å². The number of rotatable bonds is 8. The molecule has 22 heavy (non-hydrogen) atoms. The van der Waals surface area contributed by atoms with Crippen LogP contribution in [0, 0.1) is 0 Å². The van der Waals surface area contributed by atoms with E-state index in [9.17, 15) is 8.42 Å². The van der Waals surface area contributed by atoms with Crippen LogP contribution < -0.4 is 10.0 Å². The van der Waals surface area contributed by atoms with Crippen molar-refractivity contribution in [2.75, 3.05) is 33.4 Å². The minimum absolute atomic E-state index is 0.277. The Bertz CT molecular complexity index is 735. The number of hydrogen-bond donors (Lipinski definition) is 2. The fraction of sp³-hybridized carbons (Fsp3) is 0.333. The number of sulfonamides is 1. The summed E-state index contributed by atoms with van der Waals surface area (Å²) in [5.41, 5.74) is 0. The zero-order valence-electron chi connectivity index (χ0n) is 12.3. The second-order valence-corrected chi connectivity index (χ2v) is 7.48. The van der Waals surface area contributed by atoms with Gasteiger partial charge in [0.25, 0.3) is 0 Å². The first-order chi connectivity index (χ1) is 10.5. The van der Waals surface area contributed by atoms with Crippen molar-refractivity contribution in [3.63, 3.8) is 0 Å². The molecule has 2 aromatic carbocycles. The Morgan fingerprint density at radius 3 is 2.55 bits per heavy atom. The normalized spacial score (nSPS) is 11.9. The van der Waals surface area contributed by atoms with E-state index in [1.165, 1.54) is 0 Å². The summed E-state index contributed by atoms with van der Waals surface area (Å²) in [5.74, 6) is 0. The van der Waals surface area contributed by atoms with Gasteiger partial charge in [-0.2, -0.15) is 0 Å². The molecule has 0 spiro atoms. The molecule has 0 aromatic heterocycles. The molecule has 0 saturated carbocycles. The van der Waals surface area contributed by atoms with Crippen LogP contribution in [0.2, 0.25) is 0 Å². The summed E-state index contributed by atoms with van der Waals surface area (Å²) in [6.07, 6.45) is 0. The molecule has 0 unspecified atom stereocenters. The van der Waals surface area contributed by atoms with Gasteiger partial charge in [-0.1, -0.05) is 28.1 Å². The largest absolute Gasteiger partial charge is 0.383 e. The predicted octanol–water partition coefficient (Wildman–Crippen LogP) is 2.12. The van der Waals surface area contributed by atoms with Gasteiger partial charge in [-0.3, -0.25) is 0 Å². The molecule has 0 aliphatic carbocycles. The van der Waals surface area contributed by atoms with Crippen molar-refractivity contribution in [3.8, 4) is 0 Å². The highest BCUT2D eigenvalue weighted by atomic mass is 79.9. The molecule has 2 aromatic rings. The van der Waals surface area contributed by atoms with E-state index in [0.717, 1.165) is 15.2 Å². The van der Waals surface area contributed by atoms with Crippen molar-refractivity contribution in [2.45, 2.75) is 4.90 Å². The second-order valence-electron chi connectivity index (χ2n) is 4.79. The summed E-state index contributed by atoms with van der Waals surface area (Å²) in [6, 6.07) is 10.9. The van der Waals surface area contributed by atoms with E-state index in [-0.39, 0.29) is 4.90 Å². The summed E-state index contributed by atoms with van der Waals surface area (Å²) < 4.78 is 33.0. The van der Waals surface area contributed by atoms with Gasteiger partial charge in [-0.15, -0.1) is 0 Å². The second kappa shape index (κ2) is 8.03. The van der Waals surface area contributed by atoms with Crippen molar-refractivity contribution in [1.82, 2.24) is 10.0 Å². The summed E-state index contributed by atoms with van der Waals surface area (Å²) in [5, 5.41) is 4.98. The monoisotopic (exact) mass is 386 g/mol. The molecule has 0 heterocycles. The maximum atomic E-state index is 12.3. The van der Waals surface area contributed by atoms with Crippen molar-refractivity contribution >= 4 is 36.7 Å². The third kappa shape index (κ3) is 4.76. The molecular weight excluding hydrogens is 368 g/mol. The van der Waals surface area contributed by atoms with Gasteiger partial charge in [0.15, 0.2) is 0 Å². The maximum absolute atomic E-state index is 12.3. The number of ether oxygens (including phenoxy) is 1. The molecule has 5 nitrogen and oxygen atoms in total. The first-order valence-corrected chi connectivity index (χ1v) is 9.19. The number of methoxy groups -OCH3 is 1. The van der Waals surface area contributed by atoms with Gasteiger partial charge >= 0.3 is 0 Å². The summed E-state index contributed by atoms with van der Waals surface area (Å²) in [6.45, 7) is 2.20. The van der Waals surface area contributed by atoms with Crippen molar-refractivity contribution in [2.24, 2.45) is 0 Å².